The molecule has 1 aliphatic rings. The minimum atomic E-state index is 0.0266. The highest BCUT2D eigenvalue weighted by Crippen LogP contribution is 2.35. The second-order valence-corrected chi connectivity index (χ2v) is 6.13. The van der Waals surface area contributed by atoms with Gasteiger partial charge in [0.1, 0.15) is 7.85 Å². The molecular formula is C20H26BN. The minimum Gasteiger partial charge on any atom is -0.290 e. The highest BCUT2D eigenvalue weighted by Gasteiger charge is 2.34. The summed E-state index contributed by atoms with van der Waals surface area (Å²) in [7, 11) is 5.98. The molecule has 0 N–H and O–H groups in total. The highest BCUT2D eigenvalue weighted by atomic mass is 15.2. The van der Waals surface area contributed by atoms with Crippen molar-refractivity contribution in [3.05, 3.63) is 65.2 Å². The van der Waals surface area contributed by atoms with Crippen LogP contribution in [0.3, 0.4) is 0 Å². The molecule has 0 unspecified atom stereocenters. The van der Waals surface area contributed by atoms with E-state index in [0.29, 0.717) is 0 Å². The van der Waals surface area contributed by atoms with Crippen molar-refractivity contribution in [1.82, 2.24) is 4.90 Å². The first-order chi connectivity index (χ1) is 10.6. The quantitative estimate of drug-likeness (QED) is 0.761. The second-order valence-electron chi connectivity index (χ2n) is 6.13. The Balaban J connectivity index is 0.000000847. The zero-order valence-electron chi connectivity index (χ0n) is 14.3. The third kappa shape index (κ3) is 3.44. The maximum Gasteiger partial charge on any atom is 0.113 e. The van der Waals surface area contributed by atoms with Gasteiger partial charge in [-0.2, -0.15) is 0 Å². The molecule has 3 rings (SSSR count). The lowest BCUT2D eigenvalue weighted by molar-refractivity contribution is 0.0983. The Morgan fingerprint density at radius 2 is 1.73 bits per heavy atom. The molecule has 0 amide bonds. The molecule has 0 saturated heterocycles. The van der Waals surface area contributed by atoms with E-state index in [4.69, 9.17) is 7.85 Å². The molecule has 0 aliphatic carbocycles. The van der Waals surface area contributed by atoms with Gasteiger partial charge in [0.15, 0.2) is 0 Å². The van der Waals surface area contributed by atoms with Crippen LogP contribution < -0.4 is 5.46 Å². The molecule has 0 spiro atoms. The maximum absolute atomic E-state index is 5.98. The molecule has 1 aliphatic heterocycles. The molecule has 2 aromatic rings. The fourth-order valence-corrected chi connectivity index (χ4v) is 3.17. The van der Waals surface area contributed by atoms with Crippen LogP contribution in [0.15, 0.2) is 48.5 Å². The van der Waals surface area contributed by atoms with Crippen molar-refractivity contribution in [2.24, 2.45) is 0 Å². The van der Waals surface area contributed by atoms with E-state index >= 15 is 0 Å². The van der Waals surface area contributed by atoms with E-state index in [9.17, 15) is 0 Å². The van der Waals surface area contributed by atoms with Crippen LogP contribution in [0.4, 0.5) is 0 Å². The van der Waals surface area contributed by atoms with Crippen molar-refractivity contribution >= 4 is 13.3 Å². The van der Waals surface area contributed by atoms with Gasteiger partial charge in [0, 0.05) is 18.6 Å². The summed E-state index contributed by atoms with van der Waals surface area (Å²) in [6.45, 7) is 10.7. The van der Waals surface area contributed by atoms with Crippen LogP contribution in [0.2, 0.25) is 0 Å². The summed E-state index contributed by atoms with van der Waals surface area (Å²) in [4.78, 5) is 2.55. The molecule has 0 bridgehead atoms. The van der Waals surface area contributed by atoms with Gasteiger partial charge in [0.2, 0.25) is 0 Å². The van der Waals surface area contributed by atoms with Crippen LogP contribution in [-0.4, -0.2) is 19.3 Å². The van der Waals surface area contributed by atoms with Crippen molar-refractivity contribution in [2.75, 3.05) is 6.54 Å². The number of hydrogen-bond acceptors (Lipinski definition) is 1. The van der Waals surface area contributed by atoms with Crippen LogP contribution in [0.25, 0.3) is 0 Å². The van der Waals surface area contributed by atoms with Gasteiger partial charge < -0.3 is 0 Å². The predicted molar refractivity (Wildman–Crippen MR) is 96.8 cm³/mol. The van der Waals surface area contributed by atoms with E-state index in [1.54, 1.807) is 0 Å². The predicted octanol–water partition coefficient (Wildman–Crippen LogP) is 3.80. The van der Waals surface area contributed by atoms with Crippen LogP contribution >= 0.6 is 0 Å². The van der Waals surface area contributed by atoms with Crippen molar-refractivity contribution in [3.8, 4) is 0 Å². The molecule has 0 saturated carbocycles. The Labute approximate surface area is 136 Å². The topological polar surface area (TPSA) is 3.24 Å². The van der Waals surface area contributed by atoms with Crippen molar-refractivity contribution in [2.45, 2.75) is 46.2 Å². The Hall–Kier alpha value is -1.54. The van der Waals surface area contributed by atoms with Crippen molar-refractivity contribution in [3.63, 3.8) is 0 Å². The van der Waals surface area contributed by atoms with Gasteiger partial charge in [-0.3, -0.25) is 4.90 Å². The fourth-order valence-electron chi connectivity index (χ4n) is 3.17. The number of nitrogens with zero attached hydrogens (tertiary/aromatic N) is 1. The minimum absolute atomic E-state index is 0.0266. The van der Waals surface area contributed by atoms with Crippen LogP contribution in [0, 0.1) is 0 Å². The number of benzene rings is 2. The van der Waals surface area contributed by atoms with E-state index in [1.165, 1.54) is 16.7 Å². The number of fused-ring (bicyclic) bond motifs is 1. The molecule has 114 valence electrons. The van der Waals surface area contributed by atoms with Gasteiger partial charge in [0.05, 0.1) is 0 Å². The first kappa shape index (κ1) is 16.8. The van der Waals surface area contributed by atoms with E-state index < -0.39 is 0 Å². The van der Waals surface area contributed by atoms with Crippen molar-refractivity contribution in [1.29, 1.82) is 0 Å². The molecule has 1 nitrogen and oxygen atoms in total. The number of hydrogen-bond donors (Lipinski definition) is 0. The Kier molecular flexibility index (Phi) is 5.47. The van der Waals surface area contributed by atoms with Gasteiger partial charge >= 0.3 is 0 Å². The summed E-state index contributed by atoms with van der Waals surface area (Å²) in [6.07, 6.45) is 1.10. The normalized spacial score (nSPS) is 16.4. The van der Waals surface area contributed by atoms with Gasteiger partial charge in [-0.15, -0.1) is 0 Å². The summed E-state index contributed by atoms with van der Waals surface area (Å²) in [5, 5.41) is 0. The lowest BCUT2D eigenvalue weighted by Gasteiger charge is -2.44. The molecule has 2 radical (unpaired) electrons. The average Bonchev–Trinajstić information content (AvgIpc) is 2.54. The second kappa shape index (κ2) is 7.15. The summed E-state index contributed by atoms with van der Waals surface area (Å²) in [5.41, 5.74) is 5.07. The van der Waals surface area contributed by atoms with Crippen LogP contribution in [-0.2, 0) is 18.5 Å². The molecular weight excluding hydrogens is 265 g/mol. The monoisotopic (exact) mass is 291 g/mol. The SMILES string of the molecule is CC.[B]c1ccc2c(c1)C(C)(C)N(Cc1ccccc1)CC2. The fraction of sp³-hybridized carbons (Fsp3) is 0.400. The third-order valence-corrected chi connectivity index (χ3v) is 4.45. The number of rotatable bonds is 2. The Morgan fingerprint density at radius 3 is 2.41 bits per heavy atom. The van der Waals surface area contributed by atoms with E-state index in [1.807, 2.05) is 19.9 Å². The maximum atomic E-state index is 5.98. The molecule has 2 aromatic carbocycles. The molecule has 0 atom stereocenters. The third-order valence-electron chi connectivity index (χ3n) is 4.45. The average molecular weight is 291 g/mol. The Morgan fingerprint density at radius 1 is 1.05 bits per heavy atom. The zero-order chi connectivity index (χ0) is 16.2. The van der Waals surface area contributed by atoms with E-state index in [0.717, 1.165) is 25.0 Å². The summed E-state index contributed by atoms with van der Waals surface area (Å²) in [6, 6.07) is 17.0. The highest BCUT2D eigenvalue weighted by molar-refractivity contribution is 6.32. The molecule has 0 fully saturated rings. The van der Waals surface area contributed by atoms with Gasteiger partial charge in [0.25, 0.3) is 0 Å². The van der Waals surface area contributed by atoms with Crippen LogP contribution in [0.5, 0.6) is 0 Å². The lowest BCUT2D eigenvalue weighted by Crippen LogP contribution is -2.46. The van der Waals surface area contributed by atoms with Gasteiger partial charge in [-0.05, 0) is 37.0 Å². The first-order valence-corrected chi connectivity index (χ1v) is 8.25. The first-order valence-electron chi connectivity index (χ1n) is 8.25. The smallest absolute Gasteiger partial charge is 0.113 e. The van der Waals surface area contributed by atoms with E-state index in [-0.39, 0.29) is 5.54 Å². The zero-order valence-corrected chi connectivity index (χ0v) is 14.3. The molecule has 0 aromatic heterocycles. The van der Waals surface area contributed by atoms with Gasteiger partial charge in [-0.25, -0.2) is 0 Å². The standard InChI is InChI=1S/C18H20BN.C2H6/c1-18(2)17-12-16(19)9-8-15(17)10-11-20(18)13-14-6-4-3-5-7-14;1-2/h3-9,12H,10-11,13H2,1-2H3;1-2H3. The van der Waals surface area contributed by atoms with Crippen molar-refractivity contribution < 1.29 is 0 Å². The van der Waals surface area contributed by atoms with E-state index in [2.05, 4.69) is 61.2 Å². The summed E-state index contributed by atoms with van der Waals surface area (Å²) < 4.78 is 0. The summed E-state index contributed by atoms with van der Waals surface area (Å²) >= 11 is 0. The molecule has 2 heteroatoms. The largest absolute Gasteiger partial charge is 0.290 e. The molecule has 22 heavy (non-hydrogen) atoms. The lowest BCUT2D eigenvalue weighted by atomic mass is 9.79. The molecule has 1 heterocycles. The van der Waals surface area contributed by atoms with Gasteiger partial charge in [-0.1, -0.05) is 67.8 Å². The Bertz CT molecular complexity index is 604. The van der Waals surface area contributed by atoms with Crippen LogP contribution in [0.1, 0.15) is 44.4 Å². The summed E-state index contributed by atoms with van der Waals surface area (Å²) in [5.74, 6) is 0.